The number of nitrogens with zero attached hydrogens (tertiary/aromatic N) is 3. The molecular weight excluding hydrogens is 665 g/mol. The molecule has 0 spiro atoms. The van der Waals surface area contributed by atoms with Gasteiger partial charge >= 0.3 is 5.97 Å². The maximum Gasteiger partial charge on any atom is 0.347 e. The monoisotopic (exact) mass is 695 g/mol. The molecule has 3 aromatic rings. The van der Waals surface area contributed by atoms with Gasteiger partial charge in [-0.25, -0.2) is 9.78 Å². The molecule has 0 saturated heterocycles. The van der Waals surface area contributed by atoms with Crippen molar-refractivity contribution in [2.75, 3.05) is 13.2 Å². The third kappa shape index (κ3) is 6.56. The topological polar surface area (TPSA) is 92.0 Å². The van der Waals surface area contributed by atoms with Crippen molar-refractivity contribution in [2.45, 2.75) is 64.9 Å². The lowest BCUT2D eigenvalue weighted by Gasteiger charge is -2.22. The Hall–Kier alpha value is -2.47. The largest absolute Gasteiger partial charge is 0.490 e. The number of halogens is 2. The van der Waals surface area contributed by atoms with E-state index in [1.54, 1.807) is 32.2 Å². The van der Waals surface area contributed by atoms with Crippen LogP contribution in [-0.4, -0.2) is 41.2 Å². The van der Waals surface area contributed by atoms with Crippen molar-refractivity contribution in [2.24, 2.45) is 5.10 Å². The Morgan fingerprint density at radius 3 is 2.68 bits per heavy atom. The molecule has 8 nitrogen and oxygen atoms in total. The zero-order valence-electron chi connectivity index (χ0n) is 21.7. The fourth-order valence-electron chi connectivity index (χ4n) is 4.55. The number of carbonyl (C=O) groups excluding carboxylic acids is 1. The van der Waals surface area contributed by atoms with Gasteiger partial charge in [0.1, 0.15) is 5.82 Å². The summed E-state index contributed by atoms with van der Waals surface area (Å²) in [6, 6.07) is 9.22. The molecule has 0 N–H and O–H groups in total. The summed E-state index contributed by atoms with van der Waals surface area (Å²) in [5.74, 6) is 1.38. The van der Waals surface area contributed by atoms with Gasteiger partial charge in [0.25, 0.3) is 5.56 Å². The van der Waals surface area contributed by atoms with Gasteiger partial charge in [-0.15, -0.1) is 0 Å². The molecule has 0 aliphatic heterocycles. The van der Waals surface area contributed by atoms with Crippen LogP contribution in [0.1, 0.15) is 70.2 Å². The smallest absolute Gasteiger partial charge is 0.347 e. The number of hydrogen-bond acceptors (Lipinski definition) is 7. The van der Waals surface area contributed by atoms with E-state index < -0.39 is 12.1 Å². The minimum absolute atomic E-state index is 0.181. The average molecular weight is 696 g/mol. The maximum atomic E-state index is 13.6. The van der Waals surface area contributed by atoms with Crippen molar-refractivity contribution in [1.29, 1.82) is 0 Å². The van der Waals surface area contributed by atoms with Crippen LogP contribution in [0.2, 0.25) is 0 Å². The summed E-state index contributed by atoms with van der Waals surface area (Å²) in [4.78, 5) is 30.6. The second-order valence-electron chi connectivity index (χ2n) is 9.10. The molecule has 1 aliphatic rings. The number of fused-ring (bicyclic) bond motifs is 1. The third-order valence-electron chi connectivity index (χ3n) is 6.37. The first kappa shape index (κ1) is 28.5. The Kier molecular flexibility index (Phi) is 9.80. The first-order valence-corrected chi connectivity index (χ1v) is 14.8. The summed E-state index contributed by atoms with van der Waals surface area (Å²) >= 11 is 5.61. The first-order valence-electron chi connectivity index (χ1n) is 12.9. The quantitative estimate of drug-likeness (QED) is 0.146. The van der Waals surface area contributed by atoms with Crippen LogP contribution in [0.25, 0.3) is 10.9 Å². The Morgan fingerprint density at radius 1 is 1.21 bits per heavy atom. The second-order valence-corrected chi connectivity index (χ2v) is 11.2. The standard InChI is InChI=1S/C28H31BrIN3O5/c1-4-36-24-14-18(13-22(30)25(24)38-17(3)28(35)37-5-2)16-31-33-26(19-9-7-6-8-10-19)32-23-12-11-20(29)15-21(23)27(33)34/h11-17,19H,4-10H2,1-3H3/t17-/m0/s1. The highest BCUT2D eigenvalue weighted by molar-refractivity contribution is 14.1. The van der Waals surface area contributed by atoms with E-state index in [-0.39, 0.29) is 18.1 Å². The summed E-state index contributed by atoms with van der Waals surface area (Å²) < 4.78 is 19.8. The van der Waals surface area contributed by atoms with Crippen molar-refractivity contribution in [3.05, 3.63) is 60.1 Å². The van der Waals surface area contributed by atoms with Crippen LogP contribution in [0, 0.1) is 3.57 Å². The highest BCUT2D eigenvalue weighted by Gasteiger charge is 2.23. The van der Waals surface area contributed by atoms with Crippen molar-refractivity contribution in [3.8, 4) is 11.5 Å². The van der Waals surface area contributed by atoms with Gasteiger partial charge in [-0.2, -0.15) is 9.78 Å². The minimum atomic E-state index is -0.790. The Balaban J connectivity index is 1.74. The molecule has 1 saturated carbocycles. The summed E-state index contributed by atoms with van der Waals surface area (Å²) in [7, 11) is 0. The van der Waals surface area contributed by atoms with Gasteiger partial charge in [-0.05, 0) is 92.1 Å². The molecule has 0 radical (unpaired) electrons. The molecular formula is C28H31BrIN3O5. The van der Waals surface area contributed by atoms with E-state index in [4.69, 9.17) is 19.2 Å². The van der Waals surface area contributed by atoms with E-state index in [1.165, 1.54) is 11.1 Å². The molecule has 0 amide bonds. The predicted octanol–water partition coefficient (Wildman–Crippen LogP) is 6.42. The predicted molar refractivity (Wildman–Crippen MR) is 160 cm³/mol. The summed E-state index contributed by atoms with van der Waals surface area (Å²) in [5, 5.41) is 5.16. The number of ether oxygens (including phenoxy) is 3. The van der Waals surface area contributed by atoms with Crippen LogP contribution >= 0.6 is 38.5 Å². The number of aromatic nitrogens is 2. The molecule has 1 aromatic heterocycles. The van der Waals surface area contributed by atoms with Gasteiger partial charge in [0.05, 0.1) is 33.9 Å². The molecule has 38 heavy (non-hydrogen) atoms. The zero-order valence-corrected chi connectivity index (χ0v) is 25.5. The number of hydrogen-bond donors (Lipinski definition) is 0. The van der Waals surface area contributed by atoms with Gasteiger partial charge in [0, 0.05) is 10.4 Å². The molecule has 1 atom stereocenters. The molecule has 1 fully saturated rings. The van der Waals surface area contributed by atoms with Gasteiger partial charge in [-0.1, -0.05) is 35.2 Å². The van der Waals surface area contributed by atoms with Crippen LogP contribution in [0.4, 0.5) is 0 Å². The molecule has 0 unspecified atom stereocenters. The molecule has 1 aliphatic carbocycles. The maximum absolute atomic E-state index is 13.6. The van der Waals surface area contributed by atoms with Crippen LogP contribution in [0.5, 0.6) is 11.5 Å². The lowest BCUT2D eigenvalue weighted by molar-refractivity contribution is -0.150. The van der Waals surface area contributed by atoms with Crippen LogP contribution < -0.4 is 15.0 Å². The van der Waals surface area contributed by atoms with E-state index >= 15 is 0 Å². The molecule has 1 heterocycles. The van der Waals surface area contributed by atoms with Gasteiger partial charge < -0.3 is 14.2 Å². The Morgan fingerprint density at radius 2 is 1.97 bits per heavy atom. The van der Waals surface area contributed by atoms with Gasteiger partial charge in [0.15, 0.2) is 17.6 Å². The van der Waals surface area contributed by atoms with Crippen molar-refractivity contribution in [1.82, 2.24) is 9.66 Å². The van der Waals surface area contributed by atoms with Crippen LogP contribution in [0.15, 0.2) is 44.7 Å². The fourth-order valence-corrected chi connectivity index (χ4v) is 5.66. The van der Waals surface area contributed by atoms with Crippen molar-refractivity contribution in [3.63, 3.8) is 0 Å². The number of carbonyl (C=O) groups is 1. The number of esters is 1. The molecule has 202 valence electrons. The van der Waals surface area contributed by atoms with E-state index in [1.807, 2.05) is 25.1 Å². The van der Waals surface area contributed by atoms with E-state index in [9.17, 15) is 9.59 Å². The highest BCUT2D eigenvalue weighted by Crippen LogP contribution is 2.35. The molecule has 10 heteroatoms. The third-order valence-corrected chi connectivity index (χ3v) is 7.67. The van der Waals surface area contributed by atoms with Crippen LogP contribution in [0.3, 0.4) is 0 Å². The molecule has 2 aromatic carbocycles. The highest BCUT2D eigenvalue weighted by atomic mass is 127. The van der Waals surface area contributed by atoms with Gasteiger partial charge in [-0.3, -0.25) is 4.79 Å². The van der Waals surface area contributed by atoms with Gasteiger partial charge in [0.2, 0.25) is 0 Å². The van der Waals surface area contributed by atoms with E-state index in [2.05, 4.69) is 43.6 Å². The number of rotatable bonds is 9. The Bertz CT molecular complexity index is 1400. The van der Waals surface area contributed by atoms with E-state index in [0.717, 1.165) is 39.3 Å². The normalized spacial score (nSPS) is 15.1. The first-order chi connectivity index (χ1) is 18.3. The minimum Gasteiger partial charge on any atom is -0.490 e. The second kappa shape index (κ2) is 13.1. The summed E-state index contributed by atoms with van der Waals surface area (Å²) in [6.07, 6.45) is 6.26. The average Bonchev–Trinajstić information content (AvgIpc) is 2.91. The summed E-state index contributed by atoms with van der Waals surface area (Å²) in [6.45, 7) is 5.96. The zero-order chi connectivity index (χ0) is 27.2. The SMILES string of the molecule is CCOC(=O)[C@H](C)Oc1c(I)cc(C=Nn2c(C3CCCCC3)nc3ccc(Br)cc3c2=O)cc1OCC. The molecule has 0 bridgehead atoms. The molecule has 4 rings (SSSR count). The fraction of sp³-hybridized carbons (Fsp3) is 0.429. The number of benzene rings is 2. The van der Waals surface area contributed by atoms with Crippen molar-refractivity contribution < 1.29 is 19.0 Å². The lowest BCUT2D eigenvalue weighted by Crippen LogP contribution is -2.26. The van der Waals surface area contributed by atoms with E-state index in [0.29, 0.717) is 34.8 Å². The van der Waals surface area contributed by atoms with Crippen molar-refractivity contribution >= 4 is 61.6 Å². The lowest BCUT2D eigenvalue weighted by atomic mass is 9.88. The Labute approximate surface area is 244 Å². The van der Waals surface area contributed by atoms with Crippen LogP contribution in [-0.2, 0) is 9.53 Å². The summed E-state index contributed by atoms with van der Waals surface area (Å²) in [5.41, 5.74) is 1.21.